The predicted octanol–water partition coefficient (Wildman–Crippen LogP) is 5.33. The van der Waals surface area contributed by atoms with E-state index < -0.39 is 0 Å². The fourth-order valence-electron chi connectivity index (χ4n) is 3.00. The fourth-order valence-corrected chi connectivity index (χ4v) is 3.49. The SMILES string of the molecule is Cc1ccc2c(c1)OC(C)(C)CC2NC(=O)c1ccc(Cl)cc1Cl. The van der Waals surface area contributed by atoms with E-state index in [1.54, 1.807) is 18.2 Å². The maximum atomic E-state index is 12.7. The lowest BCUT2D eigenvalue weighted by molar-refractivity contribution is 0.0619. The zero-order chi connectivity index (χ0) is 17.5. The zero-order valence-electron chi connectivity index (χ0n) is 13.8. The van der Waals surface area contributed by atoms with Gasteiger partial charge in [0.25, 0.3) is 5.91 Å². The molecule has 1 aliphatic rings. The minimum atomic E-state index is -0.359. The largest absolute Gasteiger partial charge is 0.487 e. The van der Waals surface area contributed by atoms with Gasteiger partial charge in [-0.1, -0.05) is 35.3 Å². The van der Waals surface area contributed by atoms with Gasteiger partial charge in [-0.3, -0.25) is 4.79 Å². The molecule has 1 unspecified atom stereocenters. The highest BCUT2D eigenvalue weighted by atomic mass is 35.5. The summed E-state index contributed by atoms with van der Waals surface area (Å²) in [6.07, 6.45) is 0.681. The number of carbonyl (C=O) groups excluding carboxylic acids is 1. The molecule has 1 atom stereocenters. The van der Waals surface area contributed by atoms with Crippen LogP contribution in [-0.2, 0) is 0 Å². The van der Waals surface area contributed by atoms with Gasteiger partial charge in [-0.2, -0.15) is 0 Å². The Morgan fingerprint density at radius 3 is 2.67 bits per heavy atom. The minimum absolute atomic E-state index is 0.136. The summed E-state index contributed by atoms with van der Waals surface area (Å²) in [5.74, 6) is 0.602. The summed E-state index contributed by atoms with van der Waals surface area (Å²) in [4.78, 5) is 12.7. The van der Waals surface area contributed by atoms with Crippen LogP contribution in [0.3, 0.4) is 0 Å². The van der Waals surface area contributed by atoms with Gasteiger partial charge in [0.05, 0.1) is 16.6 Å². The van der Waals surface area contributed by atoms with Crippen molar-refractivity contribution in [3.8, 4) is 5.75 Å². The molecule has 0 saturated heterocycles. The summed E-state index contributed by atoms with van der Waals surface area (Å²) in [5.41, 5.74) is 2.16. The Labute approximate surface area is 151 Å². The molecule has 0 radical (unpaired) electrons. The third kappa shape index (κ3) is 3.52. The standard InChI is InChI=1S/C19H19Cl2NO2/c1-11-4-6-14-16(10-19(2,3)24-17(14)8-11)22-18(23)13-7-5-12(20)9-15(13)21/h4-9,16H,10H2,1-3H3,(H,22,23). The highest BCUT2D eigenvalue weighted by molar-refractivity contribution is 6.36. The summed E-state index contributed by atoms with van der Waals surface area (Å²) in [6.45, 7) is 6.06. The molecule has 3 rings (SSSR count). The van der Waals surface area contributed by atoms with E-state index in [4.69, 9.17) is 27.9 Å². The van der Waals surface area contributed by atoms with Crippen molar-refractivity contribution in [2.45, 2.75) is 38.8 Å². The maximum absolute atomic E-state index is 12.7. The molecule has 3 nitrogen and oxygen atoms in total. The first-order chi connectivity index (χ1) is 11.2. The zero-order valence-corrected chi connectivity index (χ0v) is 15.3. The molecule has 1 heterocycles. The van der Waals surface area contributed by atoms with Crippen LogP contribution in [0, 0.1) is 6.92 Å². The lowest BCUT2D eigenvalue weighted by Gasteiger charge is -2.38. The van der Waals surface area contributed by atoms with Crippen LogP contribution in [-0.4, -0.2) is 11.5 Å². The summed E-state index contributed by atoms with van der Waals surface area (Å²) in [7, 11) is 0. The maximum Gasteiger partial charge on any atom is 0.253 e. The molecule has 1 N–H and O–H groups in total. The Hall–Kier alpha value is -1.71. The normalized spacial score (nSPS) is 18.5. The van der Waals surface area contributed by atoms with Gasteiger partial charge in [-0.15, -0.1) is 0 Å². The molecule has 2 aromatic rings. The monoisotopic (exact) mass is 363 g/mol. The number of nitrogens with one attached hydrogen (secondary N) is 1. The Balaban J connectivity index is 1.90. The number of fused-ring (bicyclic) bond motifs is 1. The van der Waals surface area contributed by atoms with Crippen molar-refractivity contribution in [2.75, 3.05) is 0 Å². The number of halogens is 2. The van der Waals surface area contributed by atoms with Crippen molar-refractivity contribution in [2.24, 2.45) is 0 Å². The van der Waals surface area contributed by atoms with Crippen molar-refractivity contribution >= 4 is 29.1 Å². The highest BCUT2D eigenvalue weighted by Crippen LogP contribution is 2.40. The molecule has 126 valence electrons. The van der Waals surface area contributed by atoms with Crippen molar-refractivity contribution in [1.82, 2.24) is 5.32 Å². The van der Waals surface area contributed by atoms with Gasteiger partial charge in [0, 0.05) is 17.0 Å². The number of benzene rings is 2. The number of aryl methyl sites for hydroxylation is 1. The average Bonchev–Trinajstić information content (AvgIpc) is 2.45. The van der Waals surface area contributed by atoms with Crippen molar-refractivity contribution in [1.29, 1.82) is 0 Å². The first kappa shape index (κ1) is 17.1. The number of hydrogen-bond donors (Lipinski definition) is 1. The molecule has 5 heteroatoms. The lowest BCUT2D eigenvalue weighted by atomic mass is 9.89. The van der Waals surface area contributed by atoms with Crippen LogP contribution in [0.5, 0.6) is 5.75 Å². The summed E-state index contributed by atoms with van der Waals surface area (Å²) in [5, 5.41) is 3.93. The molecule has 0 spiro atoms. The second-order valence-corrected chi connectivity index (χ2v) is 7.60. The highest BCUT2D eigenvalue weighted by Gasteiger charge is 2.34. The molecule has 24 heavy (non-hydrogen) atoms. The predicted molar refractivity (Wildman–Crippen MR) is 97.2 cm³/mol. The summed E-state index contributed by atoms with van der Waals surface area (Å²) < 4.78 is 6.06. The number of hydrogen-bond acceptors (Lipinski definition) is 2. The molecule has 1 amide bonds. The molecule has 0 saturated carbocycles. The van der Waals surface area contributed by atoms with E-state index in [-0.39, 0.29) is 17.6 Å². The number of amides is 1. The molecule has 0 bridgehead atoms. The number of ether oxygens (including phenoxy) is 1. The first-order valence-electron chi connectivity index (χ1n) is 7.81. The Kier molecular flexibility index (Phi) is 4.50. The van der Waals surface area contributed by atoms with Gasteiger partial charge in [-0.25, -0.2) is 0 Å². The van der Waals surface area contributed by atoms with E-state index in [0.29, 0.717) is 22.0 Å². The molecule has 0 fully saturated rings. The van der Waals surface area contributed by atoms with Crippen LogP contribution in [0.25, 0.3) is 0 Å². The van der Waals surface area contributed by atoms with Crippen LogP contribution < -0.4 is 10.1 Å². The molecule has 0 aliphatic carbocycles. The number of carbonyl (C=O) groups is 1. The molecular formula is C19H19Cl2NO2. The Morgan fingerprint density at radius 1 is 1.21 bits per heavy atom. The summed E-state index contributed by atoms with van der Waals surface area (Å²) >= 11 is 12.0. The molecule has 2 aromatic carbocycles. The first-order valence-corrected chi connectivity index (χ1v) is 8.56. The van der Waals surface area contributed by atoms with E-state index in [0.717, 1.165) is 16.9 Å². The van der Waals surface area contributed by atoms with Gasteiger partial charge >= 0.3 is 0 Å². The summed E-state index contributed by atoms with van der Waals surface area (Å²) in [6, 6.07) is 10.8. The molecule has 1 aliphatic heterocycles. The Morgan fingerprint density at radius 2 is 1.96 bits per heavy atom. The fraction of sp³-hybridized carbons (Fsp3) is 0.316. The second kappa shape index (κ2) is 6.30. The van der Waals surface area contributed by atoms with E-state index >= 15 is 0 Å². The molecule has 0 aromatic heterocycles. The van der Waals surface area contributed by atoms with Gasteiger partial charge in [-0.05, 0) is 50.6 Å². The van der Waals surface area contributed by atoms with Crippen LogP contribution >= 0.6 is 23.2 Å². The van der Waals surface area contributed by atoms with Crippen molar-refractivity contribution in [3.63, 3.8) is 0 Å². The van der Waals surface area contributed by atoms with Gasteiger partial charge in [0.1, 0.15) is 11.4 Å². The molecular weight excluding hydrogens is 345 g/mol. The van der Waals surface area contributed by atoms with Crippen molar-refractivity contribution in [3.05, 3.63) is 63.1 Å². The van der Waals surface area contributed by atoms with Crippen molar-refractivity contribution < 1.29 is 9.53 Å². The van der Waals surface area contributed by atoms with Crippen LogP contribution in [0.4, 0.5) is 0 Å². The Bertz CT molecular complexity index is 802. The average molecular weight is 364 g/mol. The van der Waals surface area contributed by atoms with E-state index in [1.165, 1.54) is 0 Å². The topological polar surface area (TPSA) is 38.3 Å². The van der Waals surface area contributed by atoms with Crippen LogP contribution in [0.1, 0.15) is 47.8 Å². The lowest BCUT2D eigenvalue weighted by Crippen LogP contribution is -2.41. The quantitative estimate of drug-likeness (QED) is 0.782. The third-order valence-electron chi connectivity index (χ3n) is 4.11. The van der Waals surface area contributed by atoms with Gasteiger partial charge in [0.15, 0.2) is 0 Å². The van der Waals surface area contributed by atoms with Crippen LogP contribution in [0.15, 0.2) is 36.4 Å². The van der Waals surface area contributed by atoms with E-state index in [1.807, 2.05) is 39.0 Å². The third-order valence-corrected chi connectivity index (χ3v) is 4.66. The smallest absolute Gasteiger partial charge is 0.253 e. The van der Waals surface area contributed by atoms with E-state index in [9.17, 15) is 4.79 Å². The van der Waals surface area contributed by atoms with Crippen LogP contribution in [0.2, 0.25) is 10.0 Å². The van der Waals surface area contributed by atoms with Gasteiger partial charge in [0.2, 0.25) is 0 Å². The number of rotatable bonds is 2. The van der Waals surface area contributed by atoms with E-state index in [2.05, 4.69) is 5.32 Å². The van der Waals surface area contributed by atoms with Gasteiger partial charge < -0.3 is 10.1 Å². The second-order valence-electron chi connectivity index (χ2n) is 6.76. The minimum Gasteiger partial charge on any atom is -0.487 e.